The molecule has 0 radical (unpaired) electrons. The van der Waals surface area contributed by atoms with E-state index in [0.717, 1.165) is 22.8 Å². The van der Waals surface area contributed by atoms with Crippen LogP contribution in [0.3, 0.4) is 0 Å². The highest BCUT2D eigenvalue weighted by atomic mass is 35.5. The molecule has 35 heteroatoms. The summed E-state index contributed by atoms with van der Waals surface area (Å²) in [6, 6.07) is 22.6. The fourth-order valence-electron chi connectivity index (χ4n) is 4.90. The Morgan fingerprint density at radius 1 is 0.553 bits per heavy atom. The first-order chi connectivity index (χ1) is 36.4. The molecule has 0 aliphatic rings. The number of aromatic amines is 2. The molecule has 0 bridgehead atoms. The zero-order chi connectivity index (χ0) is 52.9. The summed E-state index contributed by atoms with van der Waals surface area (Å²) in [6.07, 6.45) is 21.1. The third-order valence-electron chi connectivity index (χ3n) is 7.89. The quantitative estimate of drug-likeness (QED) is 0.155. The largest absolute Gasteiger partial charge is 0.397 e. The first kappa shape index (κ1) is 61.4. The lowest BCUT2D eigenvalue weighted by atomic mass is 10.3. The molecule has 11 rings (SSSR count). The molecule has 0 unspecified atom stereocenters. The van der Waals surface area contributed by atoms with E-state index in [-0.39, 0.29) is 37.1 Å². The van der Waals surface area contributed by atoms with Gasteiger partial charge in [0.25, 0.3) is 0 Å². The molecule has 0 spiro atoms. The third kappa shape index (κ3) is 20.9. The Morgan fingerprint density at radius 3 is 1.34 bits per heavy atom. The second-order valence-electron chi connectivity index (χ2n) is 12.5. The number of nitrogens with zero attached hydrogens (tertiary/aromatic N) is 27. The number of aliphatic hydroxyl groups is 1. The standard InChI is InChI=1S/C8H9N5.C8H5N5.C7H8N6.C7H4N6.C6H3FN2.C2H3N3.C2H6O.CH2N4.2ClH/c2*9-4-7-8(2-1-3-11-7)13-6-10-5-12-13;2*8-4-6-7(2-1-3-9-6)13-5-10-11-12-13;7-5-2-1-3-9-6(5)4-8;1-3-2-5-4-1;1-2-3;1-2-4-5-3-1;;/h1-3,5-6H,4,9H2;1-3,5-6H;1-3,5H,4,8H2;1-3,5H;1-3H;1-2H,(H,3,4,5);3H,2H2,1H3;1H,(H,2,3,4,5);2*1H. The molecular formula is C41H42Cl2FN31O. The summed E-state index contributed by atoms with van der Waals surface area (Å²) >= 11 is 0. The van der Waals surface area contributed by atoms with Gasteiger partial charge >= 0.3 is 0 Å². The van der Waals surface area contributed by atoms with Gasteiger partial charge in [-0.15, -0.1) is 45.2 Å². The van der Waals surface area contributed by atoms with Crippen molar-refractivity contribution in [3.63, 3.8) is 0 Å². The highest BCUT2D eigenvalue weighted by Gasteiger charge is 2.07. The van der Waals surface area contributed by atoms with Gasteiger partial charge in [0.1, 0.15) is 80.2 Å². The van der Waals surface area contributed by atoms with Crippen molar-refractivity contribution in [1.82, 2.24) is 131 Å². The van der Waals surface area contributed by atoms with Crippen LogP contribution in [0.4, 0.5) is 4.39 Å². The summed E-state index contributed by atoms with van der Waals surface area (Å²) in [6.45, 7) is 2.70. The van der Waals surface area contributed by atoms with Crippen molar-refractivity contribution in [3.8, 4) is 41.0 Å². The number of hydrogen-bond acceptors (Lipinski definition) is 26. The number of aliphatic hydroxyl groups excluding tert-OH is 1. The van der Waals surface area contributed by atoms with Crippen LogP contribution in [0.2, 0.25) is 0 Å². The fraction of sp³-hybridized carbons (Fsp3) is 0.0976. The van der Waals surface area contributed by atoms with Crippen molar-refractivity contribution in [2.45, 2.75) is 20.0 Å². The molecule has 0 aliphatic heterocycles. The number of nitrogens with two attached hydrogens (primary N) is 2. The number of nitrogens with one attached hydrogen (secondary N) is 2. The number of aromatic nitrogens is 26. The Balaban J connectivity index is 0.000000306. The third-order valence-corrected chi connectivity index (χ3v) is 7.89. The van der Waals surface area contributed by atoms with Gasteiger partial charge in [-0.3, -0.25) is 15.1 Å². The molecule has 0 aliphatic carbocycles. The monoisotopic (exact) mass is 1070 g/mol. The lowest BCUT2D eigenvalue weighted by Crippen LogP contribution is -2.07. The van der Waals surface area contributed by atoms with Crippen molar-refractivity contribution in [2.24, 2.45) is 11.5 Å². The SMILES string of the molecule is CCO.Cl.Cl.N#Cc1ncccc1-n1cncn1.N#Cc1ncccc1-n1cnnn1.N#Cc1ncccc1F.NCc1ncccc1-n1cncn1.NCc1ncccc1-n1cnnn1.c1nc[nH]n1.c1nn[nH]n1. The van der Waals surface area contributed by atoms with Crippen molar-refractivity contribution in [3.05, 3.63) is 183 Å². The van der Waals surface area contributed by atoms with Gasteiger partial charge in [0.05, 0.1) is 22.8 Å². The summed E-state index contributed by atoms with van der Waals surface area (Å²) in [5, 5.41) is 80.7. The number of H-pyrrole nitrogens is 2. The Kier molecular flexibility index (Phi) is 29.9. The topological polar surface area (TPSA) is 453 Å². The lowest BCUT2D eigenvalue weighted by Gasteiger charge is -2.04. The van der Waals surface area contributed by atoms with Crippen LogP contribution in [0.1, 0.15) is 35.4 Å². The Bertz CT molecular complexity index is 3050. The average Bonchev–Trinajstić information content (AvgIpc) is 4.32. The first-order valence-electron chi connectivity index (χ1n) is 20.6. The van der Waals surface area contributed by atoms with Gasteiger partial charge in [-0.2, -0.15) is 45.7 Å². The predicted molar refractivity (Wildman–Crippen MR) is 264 cm³/mol. The molecule has 0 amide bonds. The number of pyridine rings is 5. The maximum absolute atomic E-state index is 12.3. The molecule has 0 aromatic carbocycles. The zero-order valence-electron chi connectivity index (χ0n) is 39.3. The van der Waals surface area contributed by atoms with E-state index in [4.69, 9.17) is 32.4 Å². The second-order valence-corrected chi connectivity index (χ2v) is 12.5. The van der Waals surface area contributed by atoms with Gasteiger partial charge in [0.15, 0.2) is 29.2 Å². The smallest absolute Gasteiger partial charge is 0.176 e. The maximum atomic E-state index is 12.3. The minimum Gasteiger partial charge on any atom is -0.397 e. The molecule has 11 aromatic heterocycles. The summed E-state index contributed by atoms with van der Waals surface area (Å²) in [5.74, 6) is -0.569. The van der Waals surface area contributed by atoms with Crippen LogP contribution >= 0.6 is 24.8 Å². The number of hydrogen-bond donors (Lipinski definition) is 5. The molecule has 76 heavy (non-hydrogen) atoms. The van der Waals surface area contributed by atoms with Gasteiger partial charge < -0.3 is 16.6 Å². The highest BCUT2D eigenvalue weighted by molar-refractivity contribution is 5.85. The van der Waals surface area contributed by atoms with Gasteiger partial charge in [-0.1, -0.05) is 5.21 Å². The summed E-state index contributed by atoms with van der Waals surface area (Å²) in [5.41, 5.74) is 16.0. The van der Waals surface area contributed by atoms with Crippen LogP contribution in [-0.4, -0.2) is 142 Å². The zero-order valence-corrected chi connectivity index (χ0v) is 41.0. The second kappa shape index (κ2) is 37.1. The molecule has 0 atom stereocenters. The number of halogens is 3. The Hall–Kier alpha value is -10.8. The number of nitriles is 3. The first-order valence-corrected chi connectivity index (χ1v) is 20.6. The van der Waals surface area contributed by atoms with Gasteiger partial charge in [-0.25, -0.2) is 43.7 Å². The molecule has 388 valence electrons. The average molecular weight is 1070 g/mol. The van der Waals surface area contributed by atoms with Crippen molar-refractivity contribution >= 4 is 24.8 Å². The van der Waals surface area contributed by atoms with E-state index in [0.29, 0.717) is 35.9 Å². The van der Waals surface area contributed by atoms with Crippen LogP contribution in [0.25, 0.3) is 22.7 Å². The summed E-state index contributed by atoms with van der Waals surface area (Å²) < 4.78 is 18.4. The van der Waals surface area contributed by atoms with Gasteiger partial charge in [0, 0.05) is 50.7 Å². The predicted octanol–water partition coefficient (Wildman–Crippen LogP) is 1.04. The van der Waals surface area contributed by atoms with Gasteiger partial charge in [-0.05, 0) is 88.4 Å². The van der Waals surface area contributed by atoms with Crippen LogP contribution in [0, 0.1) is 39.8 Å². The summed E-state index contributed by atoms with van der Waals surface area (Å²) in [7, 11) is 0. The Morgan fingerprint density at radius 2 is 1.00 bits per heavy atom. The van der Waals surface area contributed by atoms with E-state index in [9.17, 15) is 4.39 Å². The highest BCUT2D eigenvalue weighted by Crippen LogP contribution is 2.11. The van der Waals surface area contributed by atoms with E-state index >= 15 is 0 Å². The van der Waals surface area contributed by atoms with E-state index in [1.54, 1.807) is 73.1 Å². The normalized spacial score (nSPS) is 9.03. The molecule has 32 nitrogen and oxygen atoms in total. The molecule has 0 fully saturated rings. The van der Waals surface area contributed by atoms with E-state index in [1.807, 2.05) is 36.4 Å². The molecule has 0 saturated heterocycles. The number of tetrazole rings is 3. The number of rotatable bonds is 6. The fourth-order valence-corrected chi connectivity index (χ4v) is 4.90. The molecule has 11 aromatic rings. The van der Waals surface area contributed by atoms with E-state index in [1.165, 1.54) is 83.0 Å². The Labute approximate surface area is 441 Å². The minimum absolute atomic E-state index is 0. The molecule has 7 N–H and O–H groups in total. The summed E-state index contributed by atoms with van der Waals surface area (Å²) in [4.78, 5) is 30.7. The van der Waals surface area contributed by atoms with Crippen molar-refractivity contribution < 1.29 is 9.50 Å². The van der Waals surface area contributed by atoms with E-state index in [2.05, 4.69) is 112 Å². The van der Waals surface area contributed by atoms with Crippen molar-refractivity contribution in [2.75, 3.05) is 6.61 Å². The maximum Gasteiger partial charge on any atom is 0.176 e. The van der Waals surface area contributed by atoms with E-state index < -0.39 is 5.82 Å². The molecular weight excluding hydrogens is 1030 g/mol. The lowest BCUT2D eigenvalue weighted by molar-refractivity contribution is 0.318. The van der Waals surface area contributed by atoms with Crippen LogP contribution in [0.15, 0.2) is 149 Å². The van der Waals surface area contributed by atoms with Crippen molar-refractivity contribution in [1.29, 1.82) is 15.8 Å². The van der Waals surface area contributed by atoms with Crippen LogP contribution < -0.4 is 11.5 Å². The minimum atomic E-state index is -0.569. The molecule has 0 saturated carbocycles. The van der Waals surface area contributed by atoms with Crippen LogP contribution in [0.5, 0.6) is 0 Å². The molecule has 11 heterocycles. The van der Waals surface area contributed by atoms with Crippen LogP contribution in [-0.2, 0) is 13.1 Å². The van der Waals surface area contributed by atoms with Gasteiger partial charge in [0.2, 0.25) is 0 Å².